The molecular weight excluding hydrogens is 427 g/mol. The fourth-order valence-corrected chi connectivity index (χ4v) is 4.53. The molecule has 0 aliphatic carbocycles. The Balaban J connectivity index is 1.48. The van der Waals surface area contributed by atoms with E-state index in [9.17, 15) is 9.18 Å². The number of nitrogens with zero attached hydrogens (tertiary/aromatic N) is 5. The number of hydrogen-bond acceptors (Lipinski definition) is 6. The first-order chi connectivity index (χ1) is 15.5. The summed E-state index contributed by atoms with van der Waals surface area (Å²) in [6.45, 7) is 4.70. The van der Waals surface area contributed by atoms with Crippen molar-refractivity contribution < 1.29 is 9.18 Å². The zero-order valence-electron chi connectivity index (χ0n) is 18.6. The largest absolute Gasteiger partial charge is 0.324 e. The molecule has 1 N–H and O–H groups in total. The third-order valence-electron chi connectivity index (χ3n) is 5.79. The van der Waals surface area contributed by atoms with Crippen LogP contribution in [0, 0.1) is 19.7 Å². The number of anilines is 1. The van der Waals surface area contributed by atoms with Gasteiger partial charge in [0.1, 0.15) is 11.6 Å². The van der Waals surface area contributed by atoms with E-state index in [1.807, 2.05) is 20.1 Å². The SMILES string of the molecule is CSc1nc(C)c(CCC(=O)Nc2cc(-c3nnc4n3CCCCC4)ccc2F)c(C)n1. The summed E-state index contributed by atoms with van der Waals surface area (Å²) in [5.74, 6) is 0.953. The van der Waals surface area contributed by atoms with Crippen LogP contribution in [0.4, 0.5) is 10.1 Å². The monoisotopic (exact) mass is 454 g/mol. The number of aryl methyl sites for hydroxylation is 3. The minimum Gasteiger partial charge on any atom is -0.324 e. The summed E-state index contributed by atoms with van der Waals surface area (Å²) in [7, 11) is 0. The van der Waals surface area contributed by atoms with Gasteiger partial charge in [0, 0.05) is 36.3 Å². The van der Waals surface area contributed by atoms with E-state index >= 15 is 0 Å². The van der Waals surface area contributed by atoms with Crippen LogP contribution in [0.15, 0.2) is 23.4 Å². The molecule has 1 aromatic carbocycles. The molecule has 4 rings (SSSR count). The van der Waals surface area contributed by atoms with Crippen LogP contribution in [0.25, 0.3) is 11.4 Å². The number of thioether (sulfide) groups is 1. The van der Waals surface area contributed by atoms with Crippen LogP contribution in [0.3, 0.4) is 0 Å². The van der Waals surface area contributed by atoms with Crippen molar-refractivity contribution in [3.05, 3.63) is 46.8 Å². The summed E-state index contributed by atoms with van der Waals surface area (Å²) >= 11 is 1.49. The first-order valence-corrected chi connectivity index (χ1v) is 12.1. The van der Waals surface area contributed by atoms with Gasteiger partial charge in [0.05, 0.1) is 5.69 Å². The molecule has 0 radical (unpaired) electrons. The quantitative estimate of drug-likeness (QED) is 0.436. The van der Waals surface area contributed by atoms with Gasteiger partial charge in [0.25, 0.3) is 0 Å². The van der Waals surface area contributed by atoms with Crippen molar-refractivity contribution >= 4 is 23.4 Å². The Morgan fingerprint density at radius 1 is 1.16 bits per heavy atom. The lowest BCUT2D eigenvalue weighted by Crippen LogP contribution is -2.15. The number of hydrogen-bond donors (Lipinski definition) is 1. The molecule has 9 heteroatoms. The smallest absolute Gasteiger partial charge is 0.224 e. The molecule has 1 aliphatic rings. The molecule has 3 aromatic rings. The van der Waals surface area contributed by atoms with Crippen molar-refractivity contribution in [1.82, 2.24) is 24.7 Å². The molecule has 0 fully saturated rings. The second kappa shape index (κ2) is 9.77. The van der Waals surface area contributed by atoms with Gasteiger partial charge < -0.3 is 9.88 Å². The number of nitrogens with one attached hydrogen (secondary N) is 1. The standard InChI is InChI=1S/C23H27FN6OS/c1-14-17(15(2)26-23(25-14)32-3)9-11-21(31)27-19-13-16(8-10-18(19)24)22-29-28-20-7-5-4-6-12-30(20)22/h8,10,13H,4-7,9,11-12H2,1-3H3,(H,27,31). The van der Waals surface area contributed by atoms with Crippen LogP contribution in [-0.2, 0) is 24.2 Å². The van der Waals surface area contributed by atoms with Crippen LogP contribution in [0.2, 0.25) is 0 Å². The van der Waals surface area contributed by atoms with E-state index < -0.39 is 5.82 Å². The van der Waals surface area contributed by atoms with Crippen LogP contribution < -0.4 is 5.32 Å². The highest BCUT2D eigenvalue weighted by Gasteiger charge is 2.18. The maximum atomic E-state index is 14.5. The van der Waals surface area contributed by atoms with E-state index in [4.69, 9.17) is 0 Å². The molecule has 2 aromatic heterocycles. The molecule has 0 unspecified atom stereocenters. The summed E-state index contributed by atoms with van der Waals surface area (Å²) in [6, 6.07) is 4.69. The lowest BCUT2D eigenvalue weighted by Gasteiger charge is -2.12. The fraction of sp³-hybridized carbons (Fsp3) is 0.435. The Morgan fingerprint density at radius 2 is 1.94 bits per heavy atom. The average molecular weight is 455 g/mol. The summed E-state index contributed by atoms with van der Waals surface area (Å²) < 4.78 is 16.6. The average Bonchev–Trinajstić information content (AvgIpc) is 3.02. The second-order valence-corrected chi connectivity index (χ2v) is 8.78. The minimum absolute atomic E-state index is 0.154. The number of amides is 1. The molecule has 0 atom stereocenters. The van der Waals surface area contributed by atoms with Gasteiger partial charge in [-0.3, -0.25) is 4.79 Å². The molecule has 3 heterocycles. The Kier molecular flexibility index (Phi) is 6.83. The van der Waals surface area contributed by atoms with Crippen LogP contribution in [0.1, 0.15) is 48.5 Å². The van der Waals surface area contributed by atoms with Gasteiger partial charge in [0.15, 0.2) is 11.0 Å². The number of aromatic nitrogens is 5. The Morgan fingerprint density at radius 3 is 2.69 bits per heavy atom. The van der Waals surface area contributed by atoms with Gasteiger partial charge in [-0.25, -0.2) is 14.4 Å². The first kappa shape index (κ1) is 22.4. The van der Waals surface area contributed by atoms with E-state index in [1.165, 1.54) is 17.8 Å². The van der Waals surface area contributed by atoms with Crippen molar-refractivity contribution in [2.45, 2.75) is 64.1 Å². The molecule has 0 spiro atoms. The van der Waals surface area contributed by atoms with Crippen molar-refractivity contribution in [1.29, 1.82) is 0 Å². The third-order valence-corrected chi connectivity index (χ3v) is 6.34. The summed E-state index contributed by atoms with van der Waals surface area (Å²) in [5, 5.41) is 12.1. The van der Waals surface area contributed by atoms with E-state index in [2.05, 4.69) is 30.0 Å². The summed E-state index contributed by atoms with van der Waals surface area (Å²) in [5.41, 5.74) is 3.60. The lowest BCUT2D eigenvalue weighted by molar-refractivity contribution is -0.116. The molecule has 0 bridgehead atoms. The van der Waals surface area contributed by atoms with E-state index in [0.717, 1.165) is 71.5 Å². The van der Waals surface area contributed by atoms with Crippen LogP contribution >= 0.6 is 11.8 Å². The zero-order valence-corrected chi connectivity index (χ0v) is 19.4. The molecule has 0 saturated carbocycles. The van der Waals surface area contributed by atoms with E-state index in [0.29, 0.717) is 6.42 Å². The second-order valence-electron chi connectivity index (χ2n) is 8.00. The highest BCUT2D eigenvalue weighted by molar-refractivity contribution is 7.98. The topological polar surface area (TPSA) is 85.6 Å². The number of fused-ring (bicyclic) bond motifs is 1. The van der Waals surface area contributed by atoms with Gasteiger partial charge in [-0.15, -0.1) is 10.2 Å². The van der Waals surface area contributed by atoms with Gasteiger partial charge in [-0.2, -0.15) is 0 Å². The van der Waals surface area contributed by atoms with Crippen molar-refractivity contribution in [2.24, 2.45) is 0 Å². The molecule has 1 amide bonds. The molecule has 32 heavy (non-hydrogen) atoms. The number of halogens is 1. The summed E-state index contributed by atoms with van der Waals surface area (Å²) in [6.07, 6.45) is 6.89. The Bertz CT molecular complexity index is 1120. The van der Waals surface area contributed by atoms with Gasteiger partial charge in [-0.05, 0) is 63.1 Å². The van der Waals surface area contributed by atoms with Crippen molar-refractivity contribution in [2.75, 3.05) is 11.6 Å². The summed E-state index contributed by atoms with van der Waals surface area (Å²) in [4.78, 5) is 21.5. The van der Waals surface area contributed by atoms with Gasteiger partial charge in [0.2, 0.25) is 5.91 Å². The lowest BCUT2D eigenvalue weighted by atomic mass is 10.1. The first-order valence-electron chi connectivity index (χ1n) is 10.9. The van der Waals surface area contributed by atoms with Crippen molar-refractivity contribution in [3.63, 3.8) is 0 Å². The van der Waals surface area contributed by atoms with Crippen molar-refractivity contribution in [3.8, 4) is 11.4 Å². The molecule has 0 saturated heterocycles. The number of carbonyl (C=O) groups excluding carboxylic acids is 1. The van der Waals surface area contributed by atoms with Crippen LogP contribution in [-0.4, -0.2) is 36.9 Å². The number of benzene rings is 1. The zero-order chi connectivity index (χ0) is 22.7. The van der Waals surface area contributed by atoms with Crippen LogP contribution in [0.5, 0.6) is 0 Å². The fourth-order valence-electron chi connectivity index (χ4n) is 4.07. The minimum atomic E-state index is -0.474. The number of rotatable bonds is 6. The number of carbonyl (C=O) groups is 1. The van der Waals surface area contributed by atoms with Gasteiger partial charge in [-0.1, -0.05) is 18.2 Å². The highest BCUT2D eigenvalue weighted by Crippen LogP contribution is 2.27. The highest BCUT2D eigenvalue weighted by atomic mass is 32.2. The Labute approximate surface area is 191 Å². The maximum absolute atomic E-state index is 14.5. The molecule has 1 aliphatic heterocycles. The Hall–Kier alpha value is -2.81. The van der Waals surface area contributed by atoms with Gasteiger partial charge >= 0.3 is 0 Å². The van der Waals surface area contributed by atoms with E-state index in [1.54, 1.807) is 12.1 Å². The predicted octanol–water partition coefficient (Wildman–Crippen LogP) is 4.51. The molecule has 168 valence electrons. The predicted molar refractivity (Wildman–Crippen MR) is 123 cm³/mol. The molecule has 7 nitrogen and oxygen atoms in total. The normalized spacial score (nSPS) is 13.5. The molecular formula is C23H27FN6OS. The maximum Gasteiger partial charge on any atom is 0.224 e. The third kappa shape index (κ3) is 4.82. The van der Waals surface area contributed by atoms with E-state index in [-0.39, 0.29) is 18.0 Å².